The highest BCUT2D eigenvalue weighted by Crippen LogP contribution is 2.40. The van der Waals surface area contributed by atoms with Gasteiger partial charge in [0, 0.05) is 13.0 Å². The summed E-state index contributed by atoms with van der Waals surface area (Å²) in [4.78, 5) is 29.8. The summed E-state index contributed by atoms with van der Waals surface area (Å²) in [6.45, 7) is 6.09. The molecule has 0 N–H and O–H groups in total. The van der Waals surface area contributed by atoms with Crippen molar-refractivity contribution in [3.8, 4) is 0 Å². The molecule has 0 aromatic carbocycles. The maximum atomic E-state index is 12.8. The van der Waals surface area contributed by atoms with E-state index in [0.29, 0.717) is 25.8 Å². The van der Waals surface area contributed by atoms with Crippen LogP contribution in [-0.4, -0.2) is 78.9 Å². The molecular formula is C19H33N3O4S. The fraction of sp³-hybridized carbons (Fsp3) is 0.895. The summed E-state index contributed by atoms with van der Waals surface area (Å²) in [5, 5.41) is 0. The van der Waals surface area contributed by atoms with Gasteiger partial charge in [0.15, 0.2) is 0 Å². The smallest absolute Gasteiger partial charge is 0.241 e. The predicted molar refractivity (Wildman–Crippen MR) is 104 cm³/mol. The number of fused-ring (bicyclic) bond motifs is 1. The van der Waals surface area contributed by atoms with Gasteiger partial charge in [0.05, 0.1) is 24.3 Å². The SMILES string of the molecule is CCC[C@H]1C(=O)N(S(C)(=O)=O)[C@H]2CCN(C(=O)CCCCCN3CCC3)[C@H]12. The van der Waals surface area contributed by atoms with Gasteiger partial charge < -0.3 is 9.80 Å². The summed E-state index contributed by atoms with van der Waals surface area (Å²) < 4.78 is 25.3. The van der Waals surface area contributed by atoms with Crippen molar-refractivity contribution >= 4 is 21.8 Å². The van der Waals surface area contributed by atoms with E-state index in [4.69, 9.17) is 0 Å². The molecular weight excluding hydrogens is 366 g/mol. The van der Waals surface area contributed by atoms with Crippen molar-refractivity contribution in [3.63, 3.8) is 0 Å². The number of hydrogen-bond acceptors (Lipinski definition) is 5. The van der Waals surface area contributed by atoms with Crippen LogP contribution in [0.25, 0.3) is 0 Å². The van der Waals surface area contributed by atoms with E-state index in [1.54, 1.807) is 0 Å². The minimum atomic E-state index is -3.59. The molecule has 2 amide bonds. The Labute approximate surface area is 163 Å². The normalized spacial score (nSPS) is 28.5. The number of amides is 2. The maximum Gasteiger partial charge on any atom is 0.241 e. The topological polar surface area (TPSA) is 78.0 Å². The molecule has 3 heterocycles. The summed E-state index contributed by atoms with van der Waals surface area (Å²) in [5.41, 5.74) is 0. The Morgan fingerprint density at radius 2 is 1.89 bits per heavy atom. The zero-order valence-corrected chi connectivity index (χ0v) is 17.4. The Morgan fingerprint density at radius 1 is 1.15 bits per heavy atom. The van der Waals surface area contributed by atoms with Crippen LogP contribution < -0.4 is 0 Å². The van der Waals surface area contributed by atoms with Crippen molar-refractivity contribution in [2.75, 3.05) is 32.4 Å². The molecule has 3 rings (SSSR count). The fourth-order valence-corrected chi connectivity index (χ4v) is 6.04. The van der Waals surface area contributed by atoms with Crippen molar-refractivity contribution in [1.29, 1.82) is 0 Å². The van der Waals surface area contributed by atoms with Gasteiger partial charge in [-0.25, -0.2) is 12.7 Å². The van der Waals surface area contributed by atoms with Gasteiger partial charge in [-0.15, -0.1) is 0 Å². The van der Waals surface area contributed by atoms with Crippen LogP contribution in [0.15, 0.2) is 0 Å². The molecule has 0 bridgehead atoms. The lowest BCUT2D eigenvalue weighted by Crippen LogP contribution is -2.43. The quantitative estimate of drug-likeness (QED) is 0.548. The minimum absolute atomic E-state index is 0.0794. The fourth-order valence-electron chi connectivity index (χ4n) is 4.86. The molecule has 8 heteroatoms. The molecule has 0 spiro atoms. The molecule has 0 aromatic rings. The molecule has 0 saturated carbocycles. The molecule has 3 saturated heterocycles. The number of nitrogens with zero attached hydrogens (tertiary/aromatic N) is 3. The van der Waals surface area contributed by atoms with Crippen molar-refractivity contribution in [2.45, 2.75) is 70.4 Å². The second-order valence-electron chi connectivity index (χ2n) is 8.23. The van der Waals surface area contributed by atoms with Gasteiger partial charge in [0.2, 0.25) is 21.8 Å². The average Bonchev–Trinajstić information content (AvgIpc) is 3.07. The molecule has 0 aromatic heterocycles. The Kier molecular flexibility index (Phi) is 6.46. The van der Waals surface area contributed by atoms with Gasteiger partial charge in [-0.05, 0) is 51.7 Å². The molecule has 3 fully saturated rings. The van der Waals surface area contributed by atoms with Crippen molar-refractivity contribution in [1.82, 2.24) is 14.1 Å². The number of carbonyl (C=O) groups is 2. The third kappa shape index (κ3) is 4.31. The first kappa shape index (κ1) is 20.6. The molecule has 0 unspecified atom stereocenters. The van der Waals surface area contributed by atoms with E-state index in [2.05, 4.69) is 4.90 Å². The van der Waals surface area contributed by atoms with Crippen LogP contribution in [0, 0.1) is 5.92 Å². The summed E-state index contributed by atoms with van der Waals surface area (Å²) in [6, 6.07) is -0.653. The summed E-state index contributed by atoms with van der Waals surface area (Å²) >= 11 is 0. The first-order valence-corrected chi connectivity index (χ1v) is 12.2. The highest BCUT2D eigenvalue weighted by Gasteiger charge is 2.56. The van der Waals surface area contributed by atoms with Gasteiger partial charge in [-0.1, -0.05) is 19.8 Å². The number of hydrogen-bond donors (Lipinski definition) is 0. The van der Waals surface area contributed by atoms with Crippen LogP contribution in [-0.2, 0) is 19.6 Å². The van der Waals surface area contributed by atoms with E-state index in [1.807, 2.05) is 11.8 Å². The van der Waals surface area contributed by atoms with Crippen LogP contribution in [0.2, 0.25) is 0 Å². The van der Waals surface area contributed by atoms with Crippen LogP contribution in [0.1, 0.15) is 58.3 Å². The van der Waals surface area contributed by atoms with E-state index < -0.39 is 10.0 Å². The third-order valence-corrected chi connectivity index (χ3v) is 7.42. The van der Waals surface area contributed by atoms with Crippen molar-refractivity contribution in [2.24, 2.45) is 5.92 Å². The van der Waals surface area contributed by atoms with Crippen LogP contribution in [0.3, 0.4) is 0 Å². The molecule has 0 aliphatic carbocycles. The van der Waals surface area contributed by atoms with Gasteiger partial charge in [-0.3, -0.25) is 9.59 Å². The van der Waals surface area contributed by atoms with Crippen LogP contribution >= 0.6 is 0 Å². The molecule has 3 aliphatic heterocycles. The summed E-state index contributed by atoms with van der Waals surface area (Å²) in [7, 11) is -3.59. The lowest BCUT2D eigenvalue weighted by Gasteiger charge is -2.30. The monoisotopic (exact) mass is 399 g/mol. The van der Waals surface area contributed by atoms with E-state index in [1.165, 1.54) is 19.5 Å². The molecule has 7 nitrogen and oxygen atoms in total. The van der Waals surface area contributed by atoms with Gasteiger partial charge >= 0.3 is 0 Å². The molecule has 3 aliphatic rings. The predicted octanol–water partition coefficient (Wildman–Crippen LogP) is 1.44. The number of likely N-dealkylation sites (tertiary alicyclic amines) is 2. The highest BCUT2D eigenvalue weighted by atomic mass is 32.2. The van der Waals surface area contributed by atoms with Crippen molar-refractivity contribution < 1.29 is 18.0 Å². The largest absolute Gasteiger partial charge is 0.337 e. The zero-order valence-electron chi connectivity index (χ0n) is 16.6. The molecule has 0 radical (unpaired) electrons. The number of carbonyl (C=O) groups excluding carboxylic acids is 2. The second kappa shape index (κ2) is 8.47. The first-order chi connectivity index (χ1) is 12.8. The number of unbranched alkanes of at least 4 members (excludes halogenated alkanes) is 2. The molecule has 154 valence electrons. The maximum absolute atomic E-state index is 12.8. The minimum Gasteiger partial charge on any atom is -0.337 e. The van der Waals surface area contributed by atoms with E-state index in [9.17, 15) is 18.0 Å². The number of rotatable bonds is 9. The Morgan fingerprint density at radius 3 is 2.48 bits per heavy atom. The Hall–Kier alpha value is -1.15. The Bertz CT molecular complexity index is 662. The van der Waals surface area contributed by atoms with Crippen LogP contribution in [0.5, 0.6) is 0 Å². The summed E-state index contributed by atoms with van der Waals surface area (Å²) in [5.74, 6) is -0.621. The van der Waals surface area contributed by atoms with E-state index >= 15 is 0 Å². The van der Waals surface area contributed by atoms with Crippen LogP contribution in [0.4, 0.5) is 0 Å². The van der Waals surface area contributed by atoms with Gasteiger partial charge in [0.25, 0.3) is 0 Å². The van der Waals surface area contributed by atoms with E-state index in [-0.39, 0.29) is 29.8 Å². The standard InChI is InChI=1S/C19H33N3O4S/c1-3-8-15-18-16(22(19(15)24)27(2,25)26)10-14-21(18)17(23)9-5-4-6-11-20-12-7-13-20/h15-16,18H,3-14H2,1-2H3/t15-,16+,18-/m1/s1. The molecule has 3 atom stereocenters. The average molecular weight is 400 g/mol. The van der Waals surface area contributed by atoms with E-state index in [0.717, 1.165) is 42.8 Å². The number of sulfonamides is 1. The highest BCUT2D eigenvalue weighted by molar-refractivity contribution is 7.88. The van der Waals surface area contributed by atoms with Gasteiger partial charge in [0.1, 0.15) is 0 Å². The second-order valence-corrected chi connectivity index (χ2v) is 10.1. The van der Waals surface area contributed by atoms with Gasteiger partial charge in [-0.2, -0.15) is 0 Å². The lowest BCUT2D eigenvalue weighted by atomic mass is 9.94. The lowest BCUT2D eigenvalue weighted by molar-refractivity contribution is -0.134. The Balaban J connectivity index is 1.57. The zero-order chi connectivity index (χ0) is 19.6. The molecule has 27 heavy (non-hydrogen) atoms. The van der Waals surface area contributed by atoms with Crippen molar-refractivity contribution in [3.05, 3.63) is 0 Å². The third-order valence-electron chi connectivity index (χ3n) is 6.26. The summed E-state index contributed by atoms with van der Waals surface area (Å²) in [6.07, 6.45) is 7.91. The first-order valence-electron chi connectivity index (χ1n) is 10.4.